The summed E-state index contributed by atoms with van der Waals surface area (Å²) in [5, 5.41) is 10.0. The Labute approximate surface area is 125 Å². The van der Waals surface area contributed by atoms with Crippen LogP contribution in [0, 0.1) is 5.82 Å². The van der Waals surface area contributed by atoms with E-state index < -0.39 is 6.10 Å². The summed E-state index contributed by atoms with van der Waals surface area (Å²) in [6, 6.07) is 14.4. The molecule has 0 aliphatic heterocycles. The highest BCUT2D eigenvalue weighted by atomic mass is 79.9. The van der Waals surface area contributed by atoms with E-state index >= 15 is 0 Å². The zero-order valence-corrected chi connectivity index (χ0v) is 12.6. The number of benzene rings is 2. The molecule has 0 spiro atoms. The predicted molar refractivity (Wildman–Crippen MR) is 81.0 cm³/mol. The van der Waals surface area contributed by atoms with Crippen molar-refractivity contribution in [1.29, 1.82) is 0 Å². The Morgan fingerprint density at radius 1 is 1.11 bits per heavy atom. The van der Waals surface area contributed by atoms with E-state index in [1.807, 2.05) is 24.3 Å². The summed E-state index contributed by atoms with van der Waals surface area (Å²) in [5.74, 6) is 0.239. The monoisotopic (exact) mass is 340 g/mol. The van der Waals surface area contributed by atoms with Crippen molar-refractivity contribution < 1.29 is 9.50 Å². The number of aliphatic hydroxyl groups excluding tert-OH is 1. The van der Waals surface area contributed by atoms with Gasteiger partial charge in [0.05, 0.1) is 6.10 Å². The Bertz CT molecular complexity index is 547. The van der Waals surface area contributed by atoms with E-state index in [0.717, 1.165) is 10.0 Å². The van der Waals surface area contributed by atoms with E-state index in [-0.39, 0.29) is 5.82 Å². The van der Waals surface area contributed by atoms with Gasteiger partial charge in [-0.2, -0.15) is 0 Å². The van der Waals surface area contributed by atoms with E-state index in [1.165, 1.54) is 17.8 Å². The van der Waals surface area contributed by atoms with Gasteiger partial charge >= 0.3 is 0 Å². The second-order valence-electron chi connectivity index (χ2n) is 4.19. The molecule has 0 heterocycles. The molecule has 4 heteroatoms. The second-order valence-corrected chi connectivity index (χ2v) is 6.11. The van der Waals surface area contributed by atoms with Crippen LogP contribution in [0.1, 0.15) is 5.56 Å². The fraction of sp³-hybridized carbons (Fsp3) is 0.200. The molecule has 100 valence electrons. The van der Waals surface area contributed by atoms with E-state index in [4.69, 9.17) is 0 Å². The van der Waals surface area contributed by atoms with Gasteiger partial charge in [0, 0.05) is 21.5 Å². The molecule has 2 aromatic rings. The minimum absolute atomic E-state index is 0.236. The number of thioether (sulfide) groups is 1. The van der Waals surface area contributed by atoms with Gasteiger partial charge in [-0.1, -0.05) is 46.3 Å². The molecule has 1 unspecified atom stereocenters. The molecule has 0 amide bonds. The van der Waals surface area contributed by atoms with Crippen molar-refractivity contribution in [2.75, 3.05) is 5.75 Å². The smallest absolute Gasteiger partial charge is 0.136 e. The summed E-state index contributed by atoms with van der Waals surface area (Å²) in [6.45, 7) is 0. The van der Waals surface area contributed by atoms with Crippen molar-refractivity contribution in [3.8, 4) is 0 Å². The first kappa shape index (κ1) is 14.6. The van der Waals surface area contributed by atoms with Crippen molar-refractivity contribution in [2.45, 2.75) is 17.4 Å². The largest absolute Gasteiger partial charge is 0.392 e. The number of rotatable bonds is 5. The van der Waals surface area contributed by atoms with E-state index in [0.29, 0.717) is 17.1 Å². The Morgan fingerprint density at radius 3 is 2.53 bits per heavy atom. The third-order valence-corrected chi connectivity index (χ3v) is 4.65. The van der Waals surface area contributed by atoms with Crippen molar-refractivity contribution in [3.05, 3.63) is 64.4 Å². The molecule has 0 fully saturated rings. The molecule has 1 N–H and O–H groups in total. The lowest BCUT2D eigenvalue weighted by molar-refractivity contribution is 0.200. The van der Waals surface area contributed by atoms with Crippen LogP contribution in [0.4, 0.5) is 4.39 Å². The molecule has 1 atom stereocenters. The molecule has 0 saturated carbocycles. The van der Waals surface area contributed by atoms with Crippen LogP contribution in [0.15, 0.2) is 57.9 Å². The van der Waals surface area contributed by atoms with E-state index in [1.54, 1.807) is 18.2 Å². The van der Waals surface area contributed by atoms with Crippen molar-refractivity contribution in [2.24, 2.45) is 0 Å². The first-order valence-corrected chi connectivity index (χ1v) is 7.73. The lowest BCUT2D eigenvalue weighted by Gasteiger charge is -2.11. The molecule has 0 saturated heterocycles. The molecule has 0 bridgehead atoms. The summed E-state index contributed by atoms with van der Waals surface area (Å²) < 4.78 is 14.4. The quantitative estimate of drug-likeness (QED) is 0.819. The van der Waals surface area contributed by atoms with Crippen LogP contribution in [0.25, 0.3) is 0 Å². The zero-order valence-electron chi connectivity index (χ0n) is 10.2. The SMILES string of the molecule is OC(CSc1ccccc1F)Cc1ccccc1Br. The normalized spacial score (nSPS) is 12.4. The molecule has 0 radical (unpaired) electrons. The molecule has 19 heavy (non-hydrogen) atoms. The molecule has 0 aliphatic carbocycles. The molecule has 0 aromatic heterocycles. The van der Waals surface area contributed by atoms with E-state index in [9.17, 15) is 9.50 Å². The lowest BCUT2D eigenvalue weighted by Crippen LogP contribution is -2.13. The van der Waals surface area contributed by atoms with E-state index in [2.05, 4.69) is 15.9 Å². The zero-order chi connectivity index (χ0) is 13.7. The maximum Gasteiger partial charge on any atom is 0.136 e. The van der Waals surface area contributed by atoms with Gasteiger partial charge in [0.15, 0.2) is 0 Å². The van der Waals surface area contributed by atoms with Crippen LogP contribution in [0.3, 0.4) is 0 Å². The van der Waals surface area contributed by atoms with Crippen LogP contribution in [-0.4, -0.2) is 17.0 Å². The minimum atomic E-state index is -0.497. The molecular formula is C15H14BrFOS. The number of halogens is 2. The number of hydrogen-bond donors (Lipinski definition) is 1. The van der Waals surface area contributed by atoms with Crippen molar-refractivity contribution >= 4 is 27.7 Å². The Kier molecular flexibility index (Phi) is 5.43. The maximum absolute atomic E-state index is 13.4. The average molecular weight is 341 g/mol. The van der Waals surface area contributed by atoms with Gasteiger partial charge in [0.2, 0.25) is 0 Å². The maximum atomic E-state index is 13.4. The topological polar surface area (TPSA) is 20.2 Å². The Balaban J connectivity index is 1.90. The summed E-state index contributed by atoms with van der Waals surface area (Å²) in [5.41, 5.74) is 1.06. The summed E-state index contributed by atoms with van der Waals surface area (Å²) in [6.07, 6.45) is 0.0615. The number of aliphatic hydroxyl groups is 1. The average Bonchev–Trinajstić information content (AvgIpc) is 2.40. The van der Waals surface area contributed by atoms with Crippen LogP contribution >= 0.6 is 27.7 Å². The highest BCUT2D eigenvalue weighted by molar-refractivity contribution is 9.10. The van der Waals surface area contributed by atoms with Gasteiger partial charge < -0.3 is 5.11 Å². The third kappa shape index (κ3) is 4.34. The van der Waals surface area contributed by atoms with Gasteiger partial charge in [-0.05, 0) is 23.8 Å². The highest BCUT2D eigenvalue weighted by Crippen LogP contribution is 2.24. The van der Waals surface area contributed by atoms with Crippen molar-refractivity contribution in [1.82, 2.24) is 0 Å². The van der Waals surface area contributed by atoms with Crippen LogP contribution in [-0.2, 0) is 6.42 Å². The Hall–Kier alpha value is -0.840. The molecule has 1 nitrogen and oxygen atoms in total. The Morgan fingerprint density at radius 2 is 1.79 bits per heavy atom. The number of hydrogen-bond acceptors (Lipinski definition) is 2. The standard InChI is InChI=1S/C15H14BrFOS/c16-13-6-2-1-5-11(13)9-12(18)10-19-15-8-4-3-7-14(15)17/h1-8,12,18H,9-10H2. The van der Waals surface area contributed by atoms with Gasteiger partial charge in [-0.25, -0.2) is 4.39 Å². The molecular weight excluding hydrogens is 327 g/mol. The summed E-state index contributed by atoms with van der Waals surface area (Å²) in [7, 11) is 0. The summed E-state index contributed by atoms with van der Waals surface area (Å²) >= 11 is 4.79. The molecule has 2 rings (SSSR count). The fourth-order valence-electron chi connectivity index (χ4n) is 1.72. The van der Waals surface area contributed by atoms with Gasteiger partial charge in [-0.3, -0.25) is 0 Å². The predicted octanol–water partition coefficient (Wildman–Crippen LogP) is 4.28. The molecule has 2 aromatic carbocycles. The third-order valence-electron chi connectivity index (χ3n) is 2.68. The van der Waals surface area contributed by atoms with Crippen LogP contribution in [0.2, 0.25) is 0 Å². The fourth-order valence-corrected chi connectivity index (χ4v) is 3.04. The van der Waals surface area contributed by atoms with Gasteiger partial charge in [-0.15, -0.1) is 11.8 Å². The van der Waals surface area contributed by atoms with Gasteiger partial charge in [0.1, 0.15) is 5.82 Å². The summed E-state index contributed by atoms with van der Waals surface area (Å²) in [4.78, 5) is 0.577. The minimum Gasteiger partial charge on any atom is -0.392 e. The highest BCUT2D eigenvalue weighted by Gasteiger charge is 2.10. The first-order chi connectivity index (χ1) is 9.16. The van der Waals surface area contributed by atoms with Crippen molar-refractivity contribution in [3.63, 3.8) is 0 Å². The van der Waals surface area contributed by atoms with Gasteiger partial charge in [0.25, 0.3) is 0 Å². The lowest BCUT2D eigenvalue weighted by atomic mass is 10.1. The second kappa shape index (κ2) is 7.08. The molecule has 0 aliphatic rings. The first-order valence-electron chi connectivity index (χ1n) is 5.95. The van der Waals surface area contributed by atoms with Crippen LogP contribution < -0.4 is 0 Å². The van der Waals surface area contributed by atoms with Crippen LogP contribution in [0.5, 0.6) is 0 Å².